The van der Waals surface area contributed by atoms with Gasteiger partial charge in [-0.15, -0.1) is 0 Å². The molecule has 1 aromatic carbocycles. The van der Waals surface area contributed by atoms with Crippen molar-refractivity contribution in [3.05, 3.63) is 76.0 Å². The van der Waals surface area contributed by atoms with E-state index >= 15 is 0 Å². The molecule has 0 bridgehead atoms. The molecule has 0 aliphatic rings. The van der Waals surface area contributed by atoms with Gasteiger partial charge in [0.15, 0.2) is 0 Å². The minimum Gasteiger partial charge on any atom is -0.457 e. The summed E-state index contributed by atoms with van der Waals surface area (Å²) in [5, 5.41) is 4.61. The Balaban J connectivity index is 1.69. The normalized spacial score (nSPS) is 10.7. The molecule has 2 heterocycles. The molecule has 0 atom stereocenters. The molecule has 0 amide bonds. The van der Waals surface area contributed by atoms with Gasteiger partial charge in [0.2, 0.25) is 0 Å². The van der Waals surface area contributed by atoms with Gasteiger partial charge >= 0.3 is 5.97 Å². The van der Waals surface area contributed by atoms with Crippen LogP contribution in [0.3, 0.4) is 0 Å². The van der Waals surface area contributed by atoms with Crippen LogP contribution in [0.1, 0.15) is 27.4 Å². The molecule has 8 heteroatoms. The highest BCUT2D eigenvalue weighted by Gasteiger charge is 2.17. The van der Waals surface area contributed by atoms with E-state index in [1.54, 1.807) is 31.3 Å². The van der Waals surface area contributed by atoms with E-state index in [-0.39, 0.29) is 17.2 Å². The first-order valence-electron chi connectivity index (χ1n) is 7.64. The van der Waals surface area contributed by atoms with Crippen LogP contribution in [0.5, 0.6) is 0 Å². The van der Waals surface area contributed by atoms with Crippen molar-refractivity contribution in [3.63, 3.8) is 0 Å². The van der Waals surface area contributed by atoms with Gasteiger partial charge < -0.3 is 9.26 Å². The monoisotopic (exact) mass is 392 g/mol. The van der Waals surface area contributed by atoms with Gasteiger partial charge in [0, 0.05) is 23.6 Å². The number of aromatic nitrogens is 2. The zero-order valence-corrected chi connectivity index (χ0v) is 15.3. The Kier molecular flexibility index (Phi) is 5.90. The van der Waals surface area contributed by atoms with Crippen LogP contribution in [0, 0.1) is 12.7 Å². The minimum atomic E-state index is -0.601. The second-order valence-electron chi connectivity index (χ2n) is 5.35. The zero-order chi connectivity index (χ0) is 18.5. The fraction of sp³-hybridized carbons (Fsp3) is 0.167. The summed E-state index contributed by atoms with van der Waals surface area (Å²) in [6.45, 7) is 1.55. The maximum absolute atomic E-state index is 13.8. The van der Waals surface area contributed by atoms with Crippen LogP contribution in [-0.2, 0) is 17.1 Å². The topological polar surface area (TPSA) is 65.2 Å². The number of thioether (sulfide) groups is 1. The van der Waals surface area contributed by atoms with Gasteiger partial charge in [-0.25, -0.2) is 14.2 Å². The van der Waals surface area contributed by atoms with Crippen molar-refractivity contribution in [3.8, 4) is 0 Å². The highest BCUT2D eigenvalue weighted by atomic mass is 35.5. The Hall–Kier alpha value is -2.38. The van der Waals surface area contributed by atoms with Gasteiger partial charge in [0.1, 0.15) is 23.2 Å². The van der Waals surface area contributed by atoms with Gasteiger partial charge in [0.05, 0.1) is 16.3 Å². The molecule has 2 aromatic heterocycles. The smallest absolute Gasteiger partial charge is 0.341 e. The predicted octanol–water partition coefficient (Wildman–Crippen LogP) is 4.82. The summed E-state index contributed by atoms with van der Waals surface area (Å²) in [4.78, 5) is 16.6. The molecule has 0 aliphatic heterocycles. The van der Waals surface area contributed by atoms with Crippen LogP contribution < -0.4 is 0 Å². The molecular weight excluding hydrogens is 379 g/mol. The standard InChI is InChI=1S/C18H14ClFN2O3S/c1-11-8-12(22-25-11)10-26-17-13(4-3-7-21-17)18(23)24-9-14-15(19)5-2-6-16(14)20/h2-8H,9-10H2,1H3. The average molecular weight is 393 g/mol. The van der Waals surface area contributed by atoms with E-state index in [1.165, 1.54) is 23.9 Å². The third kappa shape index (κ3) is 4.42. The molecule has 0 radical (unpaired) electrons. The molecule has 3 rings (SSSR count). The highest BCUT2D eigenvalue weighted by molar-refractivity contribution is 7.98. The number of carbonyl (C=O) groups excluding carboxylic acids is 1. The summed E-state index contributed by atoms with van der Waals surface area (Å²) in [5.74, 6) is 0.0834. The van der Waals surface area contributed by atoms with E-state index in [9.17, 15) is 9.18 Å². The summed E-state index contributed by atoms with van der Waals surface area (Å²) in [6.07, 6.45) is 1.58. The number of rotatable bonds is 6. The first kappa shape index (κ1) is 18.4. The van der Waals surface area contributed by atoms with Crippen LogP contribution >= 0.6 is 23.4 Å². The number of benzene rings is 1. The van der Waals surface area contributed by atoms with Crippen molar-refractivity contribution in [1.29, 1.82) is 0 Å². The average Bonchev–Trinajstić information content (AvgIpc) is 3.05. The summed E-state index contributed by atoms with van der Waals surface area (Å²) >= 11 is 7.28. The van der Waals surface area contributed by atoms with Crippen molar-refractivity contribution in [1.82, 2.24) is 10.1 Å². The Morgan fingerprint density at radius 3 is 2.92 bits per heavy atom. The molecule has 0 spiro atoms. The number of hydrogen-bond donors (Lipinski definition) is 0. The molecular formula is C18H14ClFN2O3S. The van der Waals surface area contributed by atoms with Crippen molar-refractivity contribution >= 4 is 29.3 Å². The first-order valence-corrected chi connectivity index (χ1v) is 9.01. The Morgan fingerprint density at radius 2 is 2.19 bits per heavy atom. The van der Waals surface area contributed by atoms with Gasteiger partial charge in [-0.3, -0.25) is 0 Å². The van der Waals surface area contributed by atoms with E-state index in [0.717, 1.165) is 5.69 Å². The Morgan fingerprint density at radius 1 is 1.35 bits per heavy atom. The van der Waals surface area contributed by atoms with E-state index in [2.05, 4.69) is 10.1 Å². The molecule has 0 unspecified atom stereocenters. The maximum atomic E-state index is 13.8. The van der Waals surface area contributed by atoms with Crippen molar-refractivity contribution in [2.45, 2.75) is 24.3 Å². The van der Waals surface area contributed by atoms with Crippen LogP contribution in [0.25, 0.3) is 0 Å². The van der Waals surface area contributed by atoms with E-state index in [0.29, 0.717) is 22.1 Å². The lowest BCUT2D eigenvalue weighted by Crippen LogP contribution is -2.08. The predicted molar refractivity (Wildman–Crippen MR) is 95.6 cm³/mol. The van der Waals surface area contributed by atoms with Crippen LogP contribution in [0.2, 0.25) is 5.02 Å². The number of pyridine rings is 1. The van der Waals surface area contributed by atoms with Crippen LogP contribution in [0.4, 0.5) is 4.39 Å². The largest absolute Gasteiger partial charge is 0.457 e. The molecule has 0 fully saturated rings. The molecule has 134 valence electrons. The number of carbonyl (C=O) groups is 1. The van der Waals surface area contributed by atoms with Gasteiger partial charge in [0.25, 0.3) is 0 Å². The number of halogens is 2. The van der Waals surface area contributed by atoms with Crippen LogP contribution in [0.15, 0.2) is 52.1 Å². The molecule has 3 aromatic rings. The summed E-state index contributed by atoms with van der Waals surface area (Å²) in [7, 11) is 0. The van der Waals surface area contributed by atoms with E-state index < -0.39 is 11.8 Å². The number of esters is 1. The van der Waals surface area contributed by atoms with E-state index in [4.69, 9.17) is 20.9 Å². The Bertz CT molecular complexity index is 912. The third-order valence-electron chi connectivity index (χ3n) is 3.43. The molecule has 0 saturated heterocycles. The highest BCUT2D eigenvalue weighted by Crippen LogP contribution is 2.26. The molecule has 26 heavy (non-hydrogen) atoms. The number of ether oxygens (including phenoxy) is 1. The maximum Gasteiger partial charge on any atom is 0.341 e. The fourth-order valence-corrected chi connectivity index (χ4v) is 3.26. The lowest BCUT2D eigenvalue weighted by molar-refractivity contribution is 0.0464. The molecule has 0 N–H and O–H groups in total. The second kappa shape index (κ2) is 8.33. The summed E-state index contributed by atoms with van der Waals surface area (Å²) < 4.78 is 24.0. The third-order valence-corrected chi connectivity index (χ3v) is 4.83. The number of aryl methyl sites for hydroxylation is 1. The quantitative estimate of drug-likeness (QED) is 0.442. The fourth-order valence-electron chi connectivity index (χ4n) is 2.18. The van der Waals surface area contributed by atoms with Gasteiger partial charge in [-0.2, -0.15) is 0 Å². The molecule has 0 aliphatic carbocycles. The van der Waals surface area contributed by atoms with Gasteiger partial charge in [-0.1, -0.05) is 34.6 Å². The van der Waals surface area contributed by atoms with Crippen molar-refractivity contribution in [2.75, 3.05) is 0 Å². The number of hydrogen-bond acceptors (Lipinski definition) is 6. The SMILES string of the molecule is Cc1cc(CSc2ncccc2C(=O)OCc2c(F)cccc2Cl)no1. The van der Waals surface area contributed by atoms with Crippen LogP contribution in [-0.4, -0.2) is 16.1 Å². The first-order chi connectivity index (χ1) is 12.5. The summed E-state index contributed by atoms with van der Waals surface area (Å²) in [5.41, 5.74) is 1.18. The van der Waals surface area contributed by atoms with E-state index in [1.807, 2.05) is 6.07 Å². The lowest BCUT2D eigenvalue weighted by Gasteiger charge is -2.09. The summed E-state index contributed by atoms with van der Waals surface area (Å²) in [6, 6.07) is 9.35. The Labute approximate surface area is 158 Å². The minimum absolute atomic E-state index is 0.138. The number of nitrogens with zero attached hydrogens (tertiary/aromatic N) is 2. The zero-order valence-electron chi connectivity index (χ0n) is 13.7. The van der Waals surface area contributed by atoms with Gasteiger partial charge in [-0.05, 0) is 31.2 Å². The van der Waals surface area contributed by atoms with Crippen molar-refractivity contribution in [2.24, 2.45) is 0 Å². The second-order valence-corrected chi connectivity index (χ2v) is 6.72. The lowest BCUT2D eigenvalue weighted by atomic mass is 10.2. The molecule has 5 nitrogen and oxygen atoms in total. The van der Waals surface area contributed by atoms with Crippen molar-refractivity contribution < 1.29 is 18.4 Å². The molecule has 0 saturated carbocycles.